The van der Waals surface area contributed by atoms with Crippen LogP contribution in [-0.2, 0) is 4.79 Å². The van der Waals surface area contributed by atoms with Crippen LogP contribution in [0.3, 0.4) is 0 Å². The highest BCUT2D eigenvalue weighted by atomic mass is 35.5. The van der Waals surface area contributed by atoms with Gasteiger partial charge in [0.2, 0.25) is 0 Å². The van der Waals surface area contributed by atoms with Crippen molar-refractivity contribution >= 4 is 41.0 Å². The Hall–Kier alpha value is -2.96. The van der Waals surface area contributed by atoms with Gasteiger partial charge in [0.15, 0.2) is 0 Å². The fourth-order valence-corrected chi connectivity index (χ4v) is 2.83. The van der Waals surface area contributed by atoms with Crippen molar-refractivity contribution in [3.05, 3.63) is 70.4 Å². The quantitative estimate of drug-likeness (QED) is 0.426. The Kier molecular flexibility index (Phi) is 6.57. The minimum absolute atomic E-state index is 0.0409. The van der Waals surface area contributed by atoms with Gasteiger partial charge in [-0.15, -0.1) is 0 Å². The van der Waals surface area contributed by atoms with E-state index in [-0.39, 0.29) is 12.5 Å². The number of ether oxygens (including phenoxy) is 1. The Balaban J connectivity index is 1.56. The molecule has 3 aromatic rings. The number of benzene rings is 2. The van der Waals surface area contributed by atoms with Crippen molar-refractivity contribution in [1.82, 2.24) is 5.43 Å². The lowest BCUT2D eigenvalue weighted by molar-refractivity contribution is -0.119. The predicted octanol–water partition coefficient (Wildman–Crippen LogP) is 4.82. The van der Waals surface area contributed by atoms with E-state index in [0.29, 0.717) is 32.9 Å². The summed E-state index contributed by atoms with van der Waals surface area (Å²) < 4.78 is 10.9. The van der Waals surface area contributed by atoms with Crippen molar-refractivity contribution in [3.8, 4) is 17.1 Å². The molecule has 1 amide bonds. The molecule has 2 aromatic carbocycles. The lowest BCUT2D eigenvalue weighted by Crippen LogP contribution is -2.26. The maximum Gasteiger partial charge on any atom is 0.259 e. The van der Waals surface area contributed by atoms with Gasteiger partial charge in [-0.2, -0.15) is 5.10 Å². The number of furan rings is 1. The Morgan fingerprint density at radius 1 is 1.14 bits per heavy atom. The summed E-state index contributed by atoms with van der Waals surface area (Å²) in [6, 6.07) is 16.1. The molecular formula is C20H17Cl2N3O3. The van der Waals surface area contributed by atoms with Gasteiger partial charge in [-0.1, -0.05) is 41.4 Å². The van der Waals surface area contributed by atoms with Gasteiger partial charge in [0, 0.05) is 5.56 Å². The number of carbonyl (C=O) groups excluding carboxylic acids is 1. The molecule has 3 rings (SSSR count). The molecule has 0 aliphatic carbocycles. The molecule has 2 N–H and O–H groups in total. The second-order valence-corrected chi connectivity index (χ2v) is 6.44. The van der Waals surface area contributed by atoms with Crippen LogP contribution in [0.2, 0.25) is 10.0 Å². The minimum Gasteiger partial charge on any atom is -0.495 e. The number of nitrogens with zero attached hydrogens (tertiary/aromatic N) is 1. The van der Waals surface area contributed by atoms with Gasteiger partial charge in [0.05, 0.1) is 35.6 Å². The molecule has 0 aliphatic heterocycles. The molecule has 144 valence electrons. The van der Waals surface area contributed by atoms with Crippen LogP contribution in [0.4, 0.5) is 5.69 Å². The fraction of sp³-hybridized carbons (Fsp3) is 0.100. The van der Waals surface area contributed by atoms with Gasteiger partial charge in [-0.25, -0.2) is 5.43 Å². The third-order valence-electron chi connectivity index (χ3n) is 3.77. The standard InChI is InChI=1S/C20H17Cl2N3O3/c1-27-18-8-3-2-7-16(18)23-12-19(26)25-24-11-13-9-10-17(28-13)14-5-4-6-15(21)20(14)22/h2-11,23H,12H2,1H3,(H,25,26)/b24-11+. The van der Waals surface area contributed by atoms with Gasteiger partial charge in [0.25, 0.3) is 5.91 Å². The number of hydrogen-bond acceptors (Lipinski definition) is 5. The summed E-state index contributed by atoms with van der Waals surface area (Å²) in [6.45, 7) is 0.0409. The van der Waals surface area contributed by atoms with E-state index in [0.717, 1.165) is 5.69 Å². The summed E-state index contributed by atoms with van der Waals surface area (Å²) in [5.74, 6) is 1.36. The molecule has 0 bridgehead atoms. The molecule has 0 spiro atoms. The molecule has 0 atom stereocenters. The monoisotopic (exact) mass is 417 g/mol. The topological polar surface area (TPSA) is 75.9 Å². The van der Waals surface area contributed by atoms with E-state index < -0.39 is 0 Å². The Labute approximate surface area is 172 Å². The first-order valence-electron chi connectivity index (χ1n) is 8.31. The summed E-state index contributed by atoms with van der Waals surface area (Å²) in [7, 11) is 1.57. The van der Waals surface area contributed by atoms with Crippen LogP contribution in [0.25, 0.3) is 11.3 Å². The van der Waals surface area contributed by atoms with E-state index >= 15 is 0 Å². The molecule has 1 heterocycles. The van der Waals surface area contributed by atoms with Crippen LogP contribution in [0.5, 0.6) is 5.75 Å². The van der Waals surface area contributed by atoms with Gasteiger partial charge in [-0.05, 0) is 36.4 Å². The largest absolute Gasteiger partial charge is 0.495 e. The number of hydrogen-bond donors (Lipinski definition) is 2. The number of hydrazone groups is 1. The van der Waals surface area contributed by atoms with Crippen molar-refractivity contribution in [1.29, 1.82) is 0 Å². The minimum atomic E-state index is -0.313. The molecule has 0 unspecified atom stereocenters. The molecule has 8 heteroatoms. The average molecular weight is 418 g/mol. The highest BCUT2D eigenvalue weighted by molar-refractivity contribution is 6.43. The Bertz CT molecular complexity index is 1000. The van der Waals surface area contributed by atoms with E-state index in [4.69, 9.17) is 32.4 Å². The third kappa shape index (κ3) is 4.85. The van der Waals surface area contributed by atoms with E-state index in [1.165, 1.54) is 6.21 Å². The lowest BCUT2D eigenvalue weighted by Gasteiger charge is -2.09. The Morgan fingerprint density at radius 2 is 1.96 bits per heavy atom. The zero-order chi connectivity index (χ0) is 19.9. The molecule has 28 heavy (non-hydrogen) atoms. The second-order valence-electron chi connectivity index (χ2n) is 5.65. The van der Waals surface area contributed by atoms with Crippen molar-refractivity contribution in [2.75, 3.05) is 19.0 Å². The number of nitrogens with one attached hydrogen (secondary N) is 2. The highest BCUT2D eigenvalue weighted by Crippen LogP contribution is 2.34. The first-order chi connectivity index (χ1) is 13.6. The van der Waals surface area contributed by atoms with E-state index in [1.807, 2.05) is 18.2 Å². The molecule has 0 saturated heterocycles. The third-order valence-corrected chi connectivity index (χ3v) is 4.59. The first-order valence-corrected chi connectivity index (χ1v) is 9.07. The lowest BCUT2D eigenvalue weighted by atomic mass is 10.2. The number of carbonyl (C=O) groups is 1. The molecule has 0 aliphatic rings. The van der Waals surface area contributed by atoms with E-state index in [2.05, 4.69) is 15.8 Å². The normalized spacial score (nSPS) is 10.8. The van der Waals surface area contributed by atoms with Gasteiger partial charge in [-0.3, -0.25) is 4.79 Å². The van der Waals surface area contributed by atoms with E-state index in [1.54, 1.807) is 43.5 Å². The first kappa shape index (κ1) is 19.8. The summed E-state index contributed by atoms with van der Waals surface area (Å²) in [5.41, 5.74) is 3.83. The predicted molar refractivity (Wildman–Crippen MR) is 111 cm³/mol. The smallest absolute Gasteiger partial charge is 0.259 e. The van der Waals surface area contributed by atoms with Crippen LogP contribution in [0.1, 0.15) is 5.76 Å². The van der Waals surface area contributed by atoms with Crippen LogP contribution in [0.15, 0.2) is 64.1 Å². The molecule has 0 saturated carbocycles. The Morgan fingerprint density at radius 3 is 2.79 bits per heavy atom. The number of para-hydroxylation sites is 2. The number of halogens is 2. The molecule has 0 radical (unpaired) electrons. The SMILES string of the molecule is COc1ccccc1NCC(=O)N/N=C/c1ccc(-c2cccc(Cl)c2Cl)o1. The summed E-state index contributed by atoms with van der Waals surface area (Å²) in [5, 5.41) is 7.74. The van der Waals surface area contributed by atoms with Crippen LogP contribution >= 0.6 is 23.2 Å². The van der Waals surface area contributed by atoms with Crippen molar-refractivity contribution in [3.63, 3.8) is 0 Å². The van der Waals surface area contributed by atoms with Crippen LogP contribution in [-0.4, -0.2) is 25.8 Å². The van der Waals surface area contributed by atoms with Gasteiger partial charge >= 0.3 is 0 Å². The zero-order valence-electron chi connectivity index (χ0n) is 14.9. The van der Waals surface area contributed by atoms with Crippen molar-refractivity contribution in [2.24, 2.45) is 5.10 Å². The maximum atomic E-state index is 11.9. The number of rotatable bonds is 7. The maximum absolute atomic E-state index is 11.9. The molecule has 0 fully saturated rings. The number of amides is 1. The summed E-state index contributed by atoms with van der Waals surface area (Å²) in [4.78, 5) is 11.9. The number of anilines is 1. The fourth-order valence-electron chi connectivity index (χ4n) is 2.43. The summed E-state index contributed by atoms with van der Waals surface area (Å²) in [6.07, 6.45) is 1.41. The molecule has 6 nitrogen and oxygen atoms in total. The van der Waals surface area contributed by atoms with E-state index in [9.17, 15) is 4.79 Å². The van der Waals surface area contributed by atoms with Crippen LogP contribution in [0, 0.1) is 0 Å². The number of methoxy groups -OCH3 is 1. The average Bonchev–Trinajstić information content (AvgIpc) is 3.17. The second kappa shape index (κ2) is 9.30. The van der Waals surface area contributed by atoms with Crippen LogP contribution < -0.4 is 15.5 Å². The summed E-state index contributed by atoms with van der Waals surface area (Å²) >= 11 is 12.2. The molecule has 1 aromatic heterocycles. The van der Waals surface area contributed by atoms with Gasteiger partial charge < -0.3 is 14.5 Å². The molecular weight excluding hydrogens is 401 g/mol. The zero-order valence-corrected chi connectivity index (χ0v) is 16.4. The van der Waals surface area contributed by atoms with Crippen molar-refractivity contribution < 1.29 is 13.9 Å². The van der Waals surface area contributed by atoms with Crippen molar-refractivity contribution in [2.45, 2.75) is 0 Å². The highest BCUT2D eigenvalue weighted by Gasteiger charge is 2.10. The van der Waals surface area contributed by atoms with Gasteiger partial charge in [0.1, 0.15) is 17.3 Å².